The molecule has 0 aromatic heterocycles. The second-order valence-corrected chi connectivity index (χ2v) is 5.24. The lowest BCUT2D eigenvalue weighted by atomic mass is 9.90. The van der Waals surface area contributed by atoms with Crippen LogP contribution in [-0.4, -0.2) is 25.0 Å². The van der Waals surface area contributed by atoms with E-state index in [2.05, 4.69) is 10.6 Å². The van der Waals surface area contributed by atoms with Gasteiger partial charge in [-0.25, -0.2) is 0 Å². The lowest BCUT2D eigenvalue weighted by Crippen LogP contribution is -2.40. The van der Waals surface area contributed by atoms with Crippen LogP contribution in [0.1, 0.15) is 51.4 Å². The van der Waals surface area contributed by atoms with Crippen molar-refractivity contribution >= 4 is 5.91 Å². The van der Waals surface area contributed by atoms with Crippen molar-refractivity contribution in [3.05, 3.63) is 0 Å². The zero-order valence-corrected chi connectivity index (χ0v) is 10.1. The van der Waals surface area contributed by atoms with E-state index in [0.717, 1.165) is 32.4 Å². The third-order valence-corrected chi connectivity index (χ3v) is 3.88. The Morgan fingerprint density at radius 2 is 1.69 bits per heavy atom. The molecular formula is C13H24N2O. The summed E-state index contributed by atoms with van der Waals surface area (Å²) in [5, 5.41) is 6.48. The summed E-state index contributed by atoms with van der Waals surface area (Å²) in [6.07, 6.45) is 9.77. The van der Waals surface area contributed by atoms with E-state index in [1.807, 2.05) is 0 Å². The van der Waals surface area contributed by atoms with Crippen LogP contribution in [0.4, 0.5) is 0 Å². The lowest BCUT2D eigenvalue weighted by molar-refractivity contribution is -0.126. The van der Waals surface area contributed by atoms with Crippen molar-refractivity contribution in [1.82, 2.24) is 10.6 Å². The summed E-state index contributed by atoms with van der Waals surface area (Å²) in [4.78, 5) is 12.1. The van der Waals surface area contributed by atoms with Crippen LogP contribution in [0.3, 0.4) is 0 Å². The van der Waals surface area contributed by atoms with Crippen molar-refractivity contribution in [2.45, 2.75) is 57.4 Å². The van der Waals surface area contributed by atoms with E-state index in [9.17, 15) is 4.79 Å². The van der Waals surface area contributed by atoms with Crippen LogP contribution in [0.25, 0.3) is 0 Å². The first kappa shape index (κ1) is 11.9. The molecule has 0 aromatic rings. The molecule has 1 amide bonds. The van der Waals surface area contributed by atoms with E-state index in [-0.39, 0.29) is 0 Å². The zero-order chi connectivity index (χ0) is 11.2. The molecule has 2 aliphatic rings. The molecule has 2 N–H and O–H groups in total. The van der Waals surface area contributed by atoms with E-state index >= 15 is 0 Å². The van der Waals surface area contributed by atoms with Gasteiger partial charge in [-0.2, -0.15) is 0 Å². The minimum atomic E-state index is 0.292. The van der Waals surface area contributed by atoms with Crippen molar-refractivity contribution in [3.8, 4) is 0 Å². The lowest BCUT2D eigenvalue weighted by Gasteiger charge is -2.21. The Bertz CT molecular complexity index is 216. The molecule has 2 fully saturated rings. The Hall–Kier alpha value is -0.570. The number of amides is 1. The normalized spacial score (nSPS) is 28.4. The second-order valence-electron chi connectivity index (χ2n) is 5.24. The standard InChI is InChI=1S/C13H24N2O/c16-13(15-12-8-9-14-10-12)11-6-4-2-1-3-5-7-11/h11-12,14H,1-10H2,(H,15,16). The highest BCUT2D eigenvalue weighted by molar-refractivity contribution is 5.79. The monoisotopic (exact) mass is 224 g/mol. The number of rotatable bonds is 2. The maximum atomic E-state index is 12.1. The molecule has 1 saturated carbocycles. The molecule has 3 heteroatoms. The van der Waals surface area contributed by atoms with Crippen LogP contribution in [0, 0.1) is 5.92 Å². The topological polar surface area (TPSA) is 41.1 Å². The molecule has 0 bridgehead atoms. The summed E-state index contributed by atoms with van der Waals surface area (Å²) in [6, 6.07) is 0.387. The van der Waals surface area contributed by atoms with Gasteiger partial charge in [0.2, 0.25) is 5.91 Å². The van der Waals surface area contributed by atoms with Crippen molar-refractivity contribution in [2.24, 2.45) is 5.92 Å². The fourth-order valence-corrected chi connectivity index (χ4v) is 2.82. The molecule has 1 atom stereocenters. The van der Waals surface area contributed by atoms with Crippen molar-refractivity contribution < 1.29 is 4.79 Å². The van der Waals surface area contributed by atoms with Gasteiger partial charge in [0.15, 0.2) is 0 Å². The van der Waals surface area contributed by atoms with Crippen molar-refractivity contribution in [1.29, 1.82) is 0 Å². The first-order valence-electron chi connectivity index (χ1n) is 6.87. The maximum absolute atomic E-state index is 12.1. The SMILES string of the molecule is O=C(NC1CCNC1)C1CCCCCCC1. The summed E-state index contributed by atoms with van der Waals surface area (Å²) >= 11 is 0. The van der Waals surface area contributed by atoms with Crippen LogP contribution in [-0.2, 0) is 4.79 Å². The molecule has 1 saturated heterocycles. The number of hydrogen-bond donors (Lipinski definition) is 2. The number of carbonyl (C=O) groups excluding carboxylic acids is 1. The van der Waals surface area contributed by atoms with Gasteiger partial charge in [0.1, 0.15) is 0 Å². The summed E-state index contributed by atoms with van der Waals surface area (Å²) in [5.74, 6) is 0.608. The van der Waals surface area contributed by atoms with Crippen LogP contribution in [0.5, 0.6) is 0 Å². The first-order valence-corrected chi connectivity index (χ1v) is 6.87. The summed E-state index contributed by atoms with van der Waals surface area (Å²) < 4.78 is 0. The quantitative estimate of drug-likeness (QED) is 0.751. The van der Waals surface area contributed by atoms with Crippen LogP contribution in [0.2, 0.25) is 0 Å². The van der Waals surface area contributed by atoms with Gasteiger partial charge in [-0.3, -0.25) is 4.79 Å². The van der Waals surface area contributed by atoms with E-state index < -0.39 is 0 Å². The van der Waals surface area contributed by atoms with Crippen molar-refractivity contribution in [3.63, 3.8) is 0 Å². The summed E-state index contributed by atoms with van der Waals surface area (Å²) in [6.45, 7) is 2.01. The third kappa shape index (κ3) is 3.48. The summed E-state index contributed by atoms with van der Waals surface area (Å²) in [7, 11) is 0. The number of hydrogen-bond acceptors (Lipinski definition) is 2. The fraction of sp³-hybridized carbons (Fsp3) is 0.923. The van der Waals surface area contributed by atoms with E-state index in [0.29, 0.717) is 17.9 Å². The van der Waals surface area contributed by atoms with Gasteiger partial charge in [-0.15, -0.1) is 0 Å². The van der Waals surface area contributed by atoms with E-state index in [1.54, 1.807) is 0 Å². The molecule has 0 aromatic carbocycles. The molecular weight excluding hydrogens is 200 g/mol. The van der Waals surface area contributed by atoms with Crippen molar-refractivity contribution in [2.75, 3.05) is 13.1 Å². The molecule has 1 heterocycles. The fourth-order valence-electron chi connectivity index (χ4n) is 2.82. The van der Waals surface area contributed by atoms with Crippen LogP contribution in [0.15, 0.2) is 0 Å². The largest absolute Gasteiger partial charge is 0.352 e. The second kappa shape index (κ2) is 6.24. The predicted molar refractivity (Wildman–Crippen MR) is 65.2 cm³/mol. The molecule has 0 radical (unpaired) electrons. The molecule has 1 aliphatic heterocycles. The predicted octanol–water partition coefficient (Wildman–Crippen LogP) is 1.82. The minimum absolute atomic E-state index is 0.292. The smallest absolute Gasteiger partial charge is 0.223 e. The van der Waals surface area contributed by atoms with Gasteiger partial charge in [-0.05, 0) is 25.8 Å². The Morgan fingerprint density at radius 1 is 1.00 bits per heavy atom. The Balaban J connectivity index is 1.76. The Labute approximate surface area is 98.4 Å². The van der Waals surface area contributed by atoms with E-state index in [1.165, 1.54) is 32.1 Å². The minimum Gasteiger partial charge on any atom is -0.352 e. The van der Waals surface area contributed by atoms with Crippen LogP contribution >= 0.6 is 0 Å². The molecule has 1 aliphatic carbocycles. The summed E-state index contributed by atoms with van der Waals surface area (Å²) in [5.41, 5.74) is 0. The molecule has 3 nitrogen and oxygen atoms in total. The highest BCUT2D eigenvalue weighted by Gasteiger charge is 2.23. The van der Waals surface area contributed by atoms with Gasteiger partial charge in [0, 0.05) is 18.5 Å². The molecule has 0 spiro atoms. The highest BCUT2D eigenvalue weighted by atomic mass is 16.1. The molecule has 16 heavy (non-hydrogen) atoms. The Kier molecular flexibility index (Phi) is 4.64. The zero-order valence-electron chi connectivity index (χ0n) is 10.1. The molecule has 1 unspecified atom stereocenters. The van der Waals surface area contributed by atoms with Crippen LogP contribution < -0.4 is 10.6 Å². The Morgan fingerprint density at radius 3 is 2.31 bits per heavy atom. The highest BCUT2D eigenvalue weighted by Crippen LogP contribution is 2.22. The number of nitrogens with one attached hydrogen (secondary N) is 2. The number of carbonyl (C=O) groups is 1. The van der Waals surface area contributed by atoms with Gasteiger partial charge in [-0.1, -0.05) is 32.1 Å². The third-order valence-electron chi connectivity index (χ3n) is 3.88. The average Bonchev–Trinajstić information content (AvgIpc) is 2.69. The molecule has 92 valence electrons. The van der Waals surface area contributed by atoms with Gasteiger partial charge in [0.25, 0.3) is 0 Å². The van der Waals surface area contributed by atoms with Gasteiger partial charge in [0.05, 0.1) is 0 Å². The maximum Gasteiger partial charge on any atom is 0.223 e. The average molecular weight is 224 g/mol. The van der Waals surface area contributed by atoms with Gasteiger partial charge < -0.3 is 10.6 Å². The molecule has 2 rings (SSSR count). The van der Waals surface area contributed by atoms with E-state index in [4.69, 9.17) is 0 Å². The van der Waals surface area contributed by atoms with Gasteiger partial charge >= 0.3 is 0 Å². The first-order chi connectivity index (χ1) is 7.86.